The molecule has 1 aliphatic rings. The SMILES string of the molecule is CC(C)(C)OC(=O)C1(n2cccn2)CC1. The van der Waals surface area contributed by atoms with E-state index in [0.717, 1.165) is 12.8 Å². The van der Waals surface area contributed by atoms with Crippen LogP contribution in [0.5, 0.6) is 0 Å². The van der Waals surface area contributed by atoms with Gasteiger partial charge < -0.3 is 4.74 Å². The lowest BCUT2D eigenvalue weighted by Gasteiger charge is -2.23. The second-order valence-corrected chi connectivity index (χ2v) is 4.98. The zero-order chi connectivity index (χ0) is 11.1. The van der Waals surface area contributed by atoms with Gasteiger partial charge in [-0.15, -0.1) is 0 Å². The largest absolute Gasteiger partial charge is 0.458 e. The number of carbonyl (C=O) groups excluding carboxylic acids is 1. The van der Waals surface area contributed by atoms with Gasteiger partial charge in [0, 0.05) is 12.4 Å². The summed E-state index contributed by atoms with van der Waals surface area (Å²) in [6.45, 7) is 5.64. The van der Waals surface area contributed by atoms with Gasteiger partial charge in [0.15, 0.2) is 5.54 Å². The van der Waals surface area contributed by atoms with Gasteiger partial charge in [0.1, 0.15) is 5.60 Å². The lowest BCUT2D eigenvalue weighted by atomic mass is 10.2. The van der Waals surface area contributed by atoms with Crippen molar-refractivity contribution in [1.82, 2.24) is 9.78 Å². The molecule has 1 heterocycles. The summed E-state index contributed by atoms with van der Waals surface area (Å²) in [6.07, 6.45) is 5.15. The van der Waals surface area contributed by atoms with E-state index >= 15 is 0 Å². The summed E-state index contributed by atoms with van der Waals surface area (Å²) in [5, 5.41) is 4.12. The summed E-state index contributed by atoms with van der Waals surface area (Å²) in [5.41, 5.74) is -0.948. The molecule has 0 unspecified atom stereocenters. The highest BCUT2D eigenvalue weighted by molar-refractivity contribution is 5.82. The van der Waals surface area contributed by atoms with Gasteiger partial charge in [0.05, 0.1) is 0 Å². The molecule has 0 atom stereocenters. The molecule has 0 bridgehead atoms. The minimum absolute atomic E-state index is 0.168. The minimum atomic E-state index is -0.517. The Bertz CT molecular complexity index is 358. The smallest absolute Gasteiger partial charge is 0.334 e. The van der Waals surface area contributed by atoms with Crippen LogP contribution in [-0.2, 0) is 15.1 Å². The Kier molecular flexibility index (Phi) is 2.10. The topological polar surface area (TPSA) is 44.1 Å². The molecular weight excluding hydrogens is 192 g/mol. The number of hydrogen-bond donors (Lipinski definition) is 0. The quantitative estimate of drug-likeness (QED) is 0.695. The van der Waals surface area contributed by atoms with Gasteiger partial charge in [-0.1, -0.05) is 0 Å². The zero-order valence-corrected chi connectivity index (χ0v) is 9.36. The van der Waals surface area contributed by atoms with Crippen molar-refractivity contribution >= 4 is 5.97 Å². The molecule has 0 radical (unpaired) electrons. The van der Waals surface area contributed by atoms with Gasteiger partial charge in [-0.25, -0.2) is 4.79 Å². The third kappa shape index (κ3) is 1.89. The van der Waals surface area contributed by atoms with Crippen LogP contribution < -0.4 is 0 Å². The van der Waals surface area contributed by atoms with Crippen LogP contribution in [0.3, 0.4) is 0 Å². The Hall–Kier alpha value is -1.32. The molecule has 82 valence electrons. The number of carbonyl (C=O) groups is 1. The molecule has 0 saturated heterocycles. The van der Waals surface area contributed by atoms with Crippen molar-refractivity contribution in [3.8, 4) is 0 Å². The lowest BCUT2D eigenvalue weighted by Crippen LogP contribution is -2.35. The molecular formula is C11H16N2O2. The van der Waals surface area contributed by atoms with Crippen molar-refractivity contribution in [2.45, 2.75) is 44.8 Å². The maximum atomic E-state index is 12.0. The van der Waals surface area contributed by atoms with E-state index in [4.69, 9.17) is 4.74 Å². The average Bonchev–Trinajstić information content (AvgIpc) is 2.73. The highest BCUT2D eigenvalue weighted by Gasteiger charge is 2.54. The van der Waals surface area contributed by atoms with Crippen molar-refractivity contribution in [3.63, 3.8) is 0 Å². The summed E-state index contributed by atoms with van der Waals surface area (Å²) >= 11 is 0. The Morgan fingerprint density at radius 3 is 2.53 bits per heavy atom. The van der Waals surface area contributed by atoms with Crippen LogP contribution in [0.4, 0.5) is 0 Å². The summed E-state index contributed by atoms with van der Waals surface area (Å²) in [6, 6.07) is 1.82. The molecule has 1 aromatic heterocycles. The predicted octanol–water partition coefficient (Wildman–Crippen LogP) is 1.71. The van der Waals surface area contributed by atoms with E-state index in [1.807, 2.05) is 33.0 Å². The molecule has 1 fully saturated rings. The van der Waals surface area contributed by atoms with Crippen molar-refractivity contribution in [2.24, 2.45) is 0 Å². The van der Waals surface area contributed by atoms with Crippen LogP contribution in [-0.4, -0.2) is 21.4 Å². The molecule has 2 rings (SSSR count). The van der Waals surface area contributed by atoms with E-state index in [9.17, 15) is 4.79 Å². The van der Waals surface area contributed by atoms with Crippen LogP contribution in [0.25, 0.3) is 0 Å². The van der Waals surface area contributed by atoms with Crippen LogP contribution >= 0.6 is 0 Å². The van der Waals surface area contributed by atoms with E-state index in [-0.39, 0.29) is 5.97 Å². The van der Waals surface area contributed by atoms with E-state index in [2.05, 4.69) is 5.10 Å². The normalized spacial score (nSPS) is 18.6. The third-order valence-electron chi connectivity index (χ3n) is 2.45. The molecule has 15 heavy (non-hydrogen) atoms. The second-order valence-electron chi connectivity index (χ2n) is 4.98. The molecule has 4 heteroatoms. The summed E-state index contributed by atoms with van der Waals surface area (Å²) in [4.78, 5) is 12.0. The minimum Gasteiger partial charge on any atom is -0.458 e. The molecule has 1 aromatic rings. The first-order valence-corrected chi connectivity index (χ1v) is 5.18. The Morgan fingerprint density at radius 2 is 2.13 bits per heavy atom. The number of ether oxygens (including phenoxy) is 1. The number of esters is 1. The highest BCUT2D eigenvalue weighted by atomic mass is 16.6. The molecule has 1 saturated carbocycles. The first-order valence-electron chi connectivity index (χ1n) is 5.18. The number of rotatable bonds is 2. The fourth-order valence-electron chi connectivity index (χ4n) is 1.54. The molecule has 0 aromatic carbocycles. The summed E-state index contributed by atoms with van der Waals surface area (Å²) in [7, 11) is 0. The molecule has 0 aliphatic heterocycles. The first kappa shape index (κ1) is 10.2. The van der Waals surface area contributed by atoms with E-state index in [0.29, 0.717) is 0 Å². The molecule has 4 nitrogen and oxygen atoms in total. The summed E-state index contributed by atoms with van der Waals surface area (Å²) in [5.74, 6) is -0.168. The second kappa shape index (κ2) is 3.08. The molecule has 0 N–H and O–H groups in total. The first-order chi connectivity index (χ1) is 6.94. The predicted molar refractivity (Wildman–Crippen MR) is 55.3 cm³/mol. The van der Waals surface area contributed by atoms with E-state index in [1.165, 1.54) is 0 Å². The number of hydrogen-bond acceptors (Lipinski definition) is 3. The van der Waals surface area contributed by atoms with Crippen molar-refractivity contribution in [3.05, 3.63) is 18.5 Å². The van der Waals surface area contributed by atoms with E-state index < -0.39 is 11.1 Å². The number of nitrogens with zero attached hydrogens (tertiary/aromatic N) is 2. The third-order valence-corrected chi connectivity index (χ3v) is 2.45. The van der Waals surface area contributed by atoms with Crippen LogP contribution in [0, 0.1) is 0 Å². The van der Waals surface area contributed by atoms with E-state index in [1.54, 1.807) is 10.9 Å². The monoisotopic (exact) mass is 208 g/mol. The fourth-order valence-corrected chi connectivity index (χ4v) is 1.54. The van der Waals surface area contributed by atoms with Gasteiger partial charge in [-0.05, 0) is 39.7 Å². The van der Waals surface area contributed by atoms with Gasteiger partial charge in [-0.2, -0.15) is 5.10 Å². The van der Waals surface area contributed by atoms with Crippen LogP contribution in [0.1, 0.15) is 33.6 Å². The Morgan fingerprint density at radius 1 is 1.47 bits per heavy atom. The van der Waals surface area contributed by atoms with Crippen LogP contribution in [0.2, 0.25) is 0 Å². The maximum Gasteiger partial charge on any atom is 0.334 e. The van der Waals surface area contributed by atoms with Crippen LogP contribution in [0.15, 0.2) is 18.5 Å². The summed E-state index contributed by atoms with van der Waals surface area (Å²) < 4.78 is 7.10. The van der Waals surface area contributed by atoms with Gasteiger partial charge in [0.2, 0.25) is 0 Å². The Labute approximate surface area is 89.2 Å². The fraction of sp³-hybridized carbons (Fsp3) is 0.636. The molecule has 0 amide bonds. The average molecular weight is 208 g/mol. The van der Waals surface area contributed by atoms with Crippen molar-refractivity contribution in [2.75, 3.05) is 0 Å². The van der Waals surface area contributed by atoms with Gasteiger partial charge in [0.25, 0.3) is 0 Å². The standard InChI is InChI=1S/C11H16N2O2/c1-10(2,3)15-9(14)11(5-6-11)13-8-4-7-12-13/h4,7-8H,5-6H2,1-3H3. The molecule has 1 aliphatic carbocycles. The zero-order valence-electron chi connectivity index (χ0n) is 9.36. The van der Waals surface area contributed by atoms with Gasteiger partial charge in [-0.3, -0.25) is 4.68 Å². The molecule has 0 spiro atoms. The Balaban J connectivity index is 2.14. The van der Waals surface area contributed by atoms with Gasteiger partial charge >= 0.3 is 5.97 Å². The maximum absolute atomic E-state index is 12.0. The highest BCUT2D eigenvalue weighted by Crippen LogP contribution is 2.44. The van der Waals surface area contributed by atoms with Crippen molar-refractivity contribution in [1.29, 1.82) is 0 Å². The lowest BCUT2D eigenvalue weighted by molar-refractivity contribution is -0.161. The van der Waals surface area contributed by atoms with Crippen molar-refractivity contribution < 1.29 is 9.53 Å². The number of aromatic nitrogens is 2.